The average Bonchev–Trinajstić information content (AvgIpc) is 2.60. The van der Waals surface area contributed by atoms with Gasteiger partial charge in [-0.25, -0.2) is 4.39 Å². The molecule has 0 bridgehead atoms. The summed E-state index contributed by atoms with van der Waals surface area (Å²) >= 11 is 0. The van der Waals surface area contributed by atoms with Gasteiger partial charge in [-0.1, -0.05) is 26.8 Å². The fourth-order valence-corrected chi connectivity index (χ4v) is 3.35. The molecule has 1 aliphatic rings. The number of hydrogen-bond donors (Lipinski definition) is 2. The zero-order valence-electron chi connectivity index (χ0n) is 16.8. The molecule has 2 unspecified atom stereocenters. The Bertz CT molecular complexity index is 593. The standard InChI is InChI=1S/C20H32FN3O2.HI/c1-20(2,3)18-15(7-6-11-26-18)14-24-19(22-4)23-10-12-25-17-9-5-8-16(21)13-17;/h5,8-9,13,15,18H,6-7,10-12,14H2,1-4H3,(H2,22,23,24);1H. The van der Waals surface area contributed by atoms with Crippen LogP contribution in [0.2, 0.25) is 0 Å². The molecule has 0 amide bonds. The molecule has 0 aliphatic carbocycles. The maximum atomic E-state index is 13.1. The number of nitrogens with zero attached hydrogens (tertiary/aromatic N) is 1. The molecule has 1 aliphatic heterocycles. The second kappa shape index (κ2) is 11.7. The van der Waals surface area contributed by atoms with Crippen molar-refractivity contribution in [2.45, 2.75) is 39.7 Å². The molecular weight excluding hydrogens is 460 g/mol. The topological polar surface area (TPSA) is 54.9 Å². The van der Waals surface area contributed by atoms with Gasteiger partial charge in [-0.3, -0.25) is 4.99 Å². The lowest BCUT2D eigenvalue weighted by atomic mass is 9.78. The van der Waals surface area contributed by atoms with Crippen LogP contribution in [-0.2, 0) is 4.74 Å². The van der Waals surface area contributed by atoms with Crippen molar-refractivity contribution in [2.24, 2.45) is 16.3 Å². The van der Waals surface area contributed by atoms with E-state index in [9.17, 15) is 4.39 Å². The normalized spacial score (nSPS) is 20.6. The van der Waals surface area contributed by atoms with Gasteiger partial charge in [0.15, 0.2) is 5.96 Å². The molecule has 27 heavy (non-hydrogen) atoms. The Morgan fingerprint density at radius 2 is 2.11 bits per heavy atom. The van der Waals surface area contributed by atoms with Crippen molar-refractivity contribution < 1.29 is 13.9 Å². The fraction of sp³-hybridized carbons (Fsp3) is 0.650. The zero-order valence-corrected chi connectivity index (χ0v) is 19.1. The molecule has 1 aromatic carbocycles. The Kier molecular flexibility index (Phi) is 10.4. The van der Waals surface area contributed by atoms with Crippen LogP contribution in [0, 0.1) is 17.2 Å². The predicted molar refractivity (Wildman–Crippen MR) is 119 cm³/mol. The molecule has 1 aromatic rings. The maximum Gasteiger partial charge on any atom is 0.191 e. The van der Waals surface area contributed by atoms with E-state index < -0.39 is 0 Å². The third-order valence-electron chi connectivity index (χ3n) is 4.51. The van der Waals surface area contributed by atoms with Crippen LogP contribution in [0.4, 0.5) is 4.39 Å². The van der Waals surface area contributed by atoms with Crippen LogP contribution in [-0.4, -0.2) is 45.4 Å². The highest BCUT2D eigenvalue weighted by molar-refractivity contribution is 14.0. The van der Waals surface area contributed by atoms with Crippen LogP contribution in [0.25, 0.3) is 0 Å². The van der Waals surface area contributed by atoms with Crippen molar-refractivity contribution in [1.82, 2.24) is 10.6 Å². The Labute approximate surface area is 179 Å². The minimum absolute atomic E-state index is 0. The minimum atomic E-state index is -0.295. The van der Waals surface area contributed by atoms with Crippen molar-refractivity contribution in [3.8, 4) is 5.75 Å². The summed E-state index contributed by atoms with van der Waals surface area (Å²) in [5, 5.41) is 6.62. The first-order chi connectivity index (χ1) is 12.4. The summed E-state index contributed by atoms with van der Waals surface area (Å²) < 4.78 is 24.7. The van der Waals surface area contributed by atoms with Gasteiger partial charge >= 0.3 is 0 Å². The first-order valence-electron chi connectivity index (χ1n) is 9.34. The monoisotopic (exact) mass is 493 g/mol. The molecule has 2 N–H and O–H groups in total. The number of rotatable bonds is 6. The summed E-state index contributed by atoms with van der Waals surface area (Å²) in [4.78, 5) is 4.26. The largest absolute Gasteiger partial charge is 0.492 e. The van der Waals surface area contributed by atoms with E-state index in [4.69, 9.17) is 9.47 Å². The molecule has 0 radical (unpaired) electrons. The summed E-state index contributed by atoms with van der Waals surface area (Å²) in [5.41, 5.74) is 0.127. The maximum absolute atomic E-state index is 13.1. The highest BCUT2D eigenvalue weighted by Crippen LogP contribution is 2.33. The molecule has 0 spiro atoms. The van der Waals surface area contributed by atoms with E-state index in [-0.39, 0.29) is 41.3 Å². The van der Waals surface area contributed by atoms with Crippen LogP contribution in [0.5, 0.6) is 5.75 Å². The Hall–Kier alpha value is -1.09. The third kappa shape index (κ3) is 8.21. The molecule has 1 fully saturated rings. The van der Waals surface area contributed by atoms with Crippen LogP contribution in [0.15, 0.2) is 29.3 Å². The highest BCUT2D eigenvalue weighted by Gasteiger charge is 2.35. The third-order valence-corrected chi connectivity index (χ3v) is 4.51. The smallest absolute Gasteiger partial charge is 0.191 e. The molecule has 0 saturated carbocycles. The van der Waals surface area contributed by atoms with E-state index in [2.05, 4.69) is 36.4 Å². The van der Waals surface area contributed by atoms with Gasteiger partial charge in [-0.15, -0.1) is 24.0 Å². The van der Waals surface area contributed by atoms with E-state index in [0.29, 0.717) is 24.8 Å². The lowest BCUT2D eigenvalue weighted by Crippen LogP contribution is -2.48. The molecule has 2 atom stereocenters. The average molecular weight is 493 g/mol. The second-order valence-corrected chi connectivity index (χ2v) is 7.75. The summed E-state index contributed by atoms with van der Waals surface area (Å²) in [7, 11) is 1.75. The molecule has 7 heteroatoms. The van der Waals surface area contributed by atoms with Gasteiger partial charge in [0.2, 0.25) is 0 Å². The quantitative estimate of drug-likeness (QED) is 0.274. The first kappa shape index (κ1) is 23.9. The first-order valence-corrected chi connectivity index (χ1v) is 9.34. The number of ether oxygens (including phenoxy) is 2. The van der Waals surface area contributed by atoms with Crippen molar-refractivity contribution in [1.29, 1.82) is 0 Å². The number of aliphatic imine (C=N–C) groups is 1. The van der Waals surface area contributed by atoms with Gasteiger partial charge < -0.3 is 20.1 Å². The van der Waals surface area contributed by atoms with Crippen molar-refractivity contribution in [2.75, 3.05) is 33.4 Å². The van der Waals surface area contributed by atoms with Crippen LogP contribution < -0.4 is 15.4 Å². The Morgan fingerprint density at radius 1 is 1.33 bits per heavy atom. The molecule has 154 valence electrons. The molecule has 1 saturated heterocycles. The Balaban J connectivity index is 0.00000364. The zero-order chi connectivity index (χ0) is 19.0. The number of halogens is 2. The summed E-state index contributed by atoms with van der Waals surface area (Å²) in [6.07, 6.45) is 2.51. The van der Waals surface area contributed by atoms with E-state index in [1.54, 1.807) is 19.2 Å². The van der Waals surface area contributed by atoms with Crippen LogP contribution in [0.1, 0.15) is 33.6 Å². The summed E-state index contributed by atoms with van der Waals surface area (Å²) in [5.74, 6) is 1.44. The van der Waals surface area contributed by atoms with E-state index >= 15 is 0 Å². The number of hydrogen-bond acceptors (Lipinski definition) is 3. The lowest BCUT2D eigenvalue weighted by Gasteiger charge is -2.40. The number of benzene rings is 1. The number of nitrogens with one attached hydrogen (secondary N) is 2. The minimum Gasteiger partial charge on any atom is -0.492 e. The van der Waals surface area contributed by atoms with Gasteiger partial charge in [0.05, 0.1) is 12.6 Å². The highest BCUT2D eigenvalue weighted by atomic mass is 127. The number of guanidine groups is 1. The van der Waals surface area contributed by atoms with Gasteiger partial charge in [-0.2, -0.15) is 0 Å². The van der Waals surface area contributed by atoms with Gasteiger partial charge in [0, 0.05) is 32.2 Å². The van der Waals surface area contributed by atoms with Crippen molar-refractivity contribution in [3.63, 3.8) is 0 Å². The van der Waals surface area contributed by atoms with Crippen LogP contribution in [0.3, 0.4) is 0 Å². The Morgan fingerprint density at radius 3 is 2.78 bits per heavy atom. The lowest BCUT2D eigenvalue weighted by molar-refractivity contribution is -0.0835. The van der Waals surface area contributed by atoms with Crippen LogP contribution >= 0.6 is 24.0 Å². The molecule has 2 rings (SSSR count). The van der Waals surface area contributed by atoms with Crippen molar-refractivity contribution >= 4 is 29.9 Å². The van der Waals surface area contributed by atoms with E-state index in [1.807, 2.05) is 0 Å². The molecule has 5 nitrogen and oxygen atoms in total. The molecular formula is C20H33FIN3O2. The second-order valence-electron chi connectivity index (χ2n) is 7.75. The molecule has 1 heterocycles. The fourth-order valence-electron chi connectivity index (χ4n) is 3.35. The van der Waals surface area contributed by atoms with Crippen molar-refractivity contribution in [3.05, 3.63) is 30.1 Å². The van der Waals surface area contributed by atoms with E-state index in [1.165, 1.54) is 12.1 Å². The van der Waals surface area contributed by atoms with E-state index in [0.717, 1.165) is 32.0 Å². The SMILES string of the molecule is CN=C(NCCOc1cccc(F)c1)NCC1CCCOC1C(C)(C)C.I. The van der Waals surface area contributed by atoms with Gasteiger partial charge in [0.25, 0.3) is 0 Å². The van der Waals surface area contributed by atoms with Gasteiger partial charge in [0.1, 0.15) is 18.2 Å². The molecule has 0 aromatic heterocycles. The predicted octanol–water partition coefficient (Wildman–Crippen LogP) is 3.83. The van der Waals surface area contributed by atoms with Gasteiger partial charge in [-0.05, 0) is 30.4 Å². The summed E-state index contributed by atoms with van der Waals surface area (Å²) in [6.45, 7) is 9.38. The summed E-state index contributed by atoms with van der Waals surface area (Å²) in [6, 6.07) is 6.15.